The van der Waals surface area contributed by atoms with Gasteiger partial charge in [-0.2, -0.15) is 0 Å². The second-order valence-corrected chi connectivity index (χ2v) is 24.4. The number of aliphatic hydroxyl groups is 2. The number of nitrogens with one attached hydrogen (secondary N) is 6. The Bertz CT molecular complexity index is 3680. The quantitative estimate of drug-likeness (QED) is 0.0651. The molecule has 82 heavy (non-hydrogen) atoms. The molecule has 7 aromatic heterocycles. The molecule has 426 valence electrons. The van der Waals surface area contributed by atoms with Gasteiger partial charge in [0.2, 0.25) is 11.8 Å². The standard InChI is InChI=1S/C52H51N13O11S6/c1-22(2)36-51-65-39(33(82-51)17-76-5)44(72)55-16-35(68)62-40(41(69)24-9-7-6-8-10-24)50-61-31(21-80-50)48-58-28(18-78-48)38-25(11-12-26(56-38)47-60-29(19-79-47)42(70)54-14-13-32(66)52(74)75)46-59-30(20-77-46)43(71)57-27(15-34(67)53-4)49-64-37(23(3)81-49)45(73)63-36/h6-12,18-22,27,32,36,40-41,66,69H,13-17H2,1-5H3,(H,53,67)(H,54,70)(H,55,72)(H,57,71)(H,62,68)(H,63,73)(H,74,75)/t27-,32-,36-,40?,41?/m0/s1. The van der Waals surface area contributed by atoms with Gasteiger partial charge in [0, 0.05) is 59.1 Å². The summed E-state index contributed by atoms with van der Waals surface area (Å²) in [5, 5.41) is 55.8. The molecule has 1 aliphatic heterocycles. The van der Waals surface area contributed by atoms with Crippen molar-refractivity contribution in [2.75, 3.05) is 27.2 Å². The van der Waals surface area contributed by atoms with E-state index in [9.17, 15) is 43.8 Å². The molecule has 30 heteroatoms. The van der Waals surface area contributed by atoms with E-state index in [1.54, 1.807) is 65.5 Å². The van der Waals surface area contributed by atoms with Crippen molar-refractivity contribution in [1.29, 1.82) is 0 Å². The van der Waals surface area contributed by atoms with Gasteiger partial charge in [0.15, 0.2) is 6.10 Å². The summed E-state index contributed by atoms with van der Waals surface area (Å²) in [5.74, 6) is -5.24. The number of rotatable bonds is 13. The van der Waals surface area contributed by atoms with Crippen molar-refractivity contribution >= 4 is 109 Å². The number of carboxylic acid groups (broad SMARTS) is 1. The number of carbonyl (C=O) groups excluding carboxylic acids is 6. The first kappa shape index (κ1) is 59.0. The summed E-state index contributed by atoms with van der Waals surface area (Å²) in [4.78, 5) is 128. The predicted molar refractivity (Wildman–Crippen MR) is 307 cm³/mol. The van der Waals surface area contributed by atoms with Gasteiger partial charge in [-0.25, -0.2) is 39.7 Å². The van der Waals surface area contributed by atoms with Crippen LogP contribution in [-0.2, 0) is 25.7 Å². The van der Waals surface area contributed by atoms with Gasteiger partial charge in [-0.1, -0.05) is 44.2 Å². The van der Waals surface area contributed by atoms with Gasteiger partial charge >= 0.3 is 5.97 Å². The fraction of sp³-hybridized carbons (Fsp3) is 0.308. The van der Waals surface area contributed by atoms with Crippen LogP contribution in [-0.4, -0.2) is 125 Å². The first-order valence-corrected chi connectivity index (χ1v) is 30.2. The molecule has 0 radical (unpaired) electrons. The molecule has 2 unspecified atom stereocenters. The van der Waals surface area contributed by atoms with Gasteiger partial charge in [0.25, 0.3) is 23.6 Å². The van der Waals surface area contributed by atoms with Crippen LogP contribution in [0.4, 0.5) is 0 Å². The number of pyridine rings is 1. The normalized spacial score (nSPS) is 16.8. The van der Waals surface area contributed by atoms with E-state index in [0.29, 0.717) is 68.7 Å². The Morgan fingerprint density at radius 3 is 2.16 bits per heavy atom. The number of aliphatic carboxylic acids is 1. The van der Waals surface area contributed by atoms with E-state index in [2.05, 4.69) is 46.9 Å². The van der Waals surface area contributed by atoms with Crippen molar-refractivity contribution in [1.82, 2.24) is 66.8 Å². The number of aliphatic hydroxyl groups excluding tert-OH is 2. The number of hydrogen-bond acceptors (Lipinski definition) is 23. The maximum atomic E-state index is 14.3. The number of methoxy groups -OCH3 is 1. The van der Waals surface area contributed by atoms with Crippen LogP contribution in [0.1, 0.15) is 123 Å². The molecule has 0 fully saturated rings. The third-order valence-electron chi connectivity index (χ3n) is 12.5. The maximum Gasteiger partial charge on any atom is 0.332 e. The number of carbonyl (C=O) groups is 7. The van der Waals surface area contributed by atoms with E-state index in [-0.39, 0.29) is 59.7 Å². The van der Waals surface area contributed by atoms with Crippen LogP contribution in [0.3, 0.4) is 0 Å². The van der Waals surface area contributed by atoms with Gasteiger partial charge < -0.3 is 52.0 Å². The minimum Gasteiger partial charge on any atom is -0.479 e. The lowest BCUT2D eigenvalue weighted by Crippen LogP contribution is -2.40. The number of thiazole rings is 6. The van der Waals surface area contributed by atoms with Gasteiger partial charge in [-0.3, -0.25) is 28.8 Å². The van der Waals surface area contributed by atoms with E-state index in [1.165, 1.54) is 42.2 Å². The van der Waals surface area contributed by atoms with Crippen LogP contribution >= 0.6 is 68.0 Å². The number of benzene rings is 1. The molecule has 0 saturated heterocycles. The predicted octanol–water partition coefficient (Wildman–Crippen LogP) is 5.88. The highest BCUT2D eigenvalue weighted by Crippen LogP contribution is 2.40. The van der Waals surface area contributed by atoms with Crippen molar-refractivity contribution < 1.29 is 53.6 Å². The lowest BCUT2D eigenvalue weighted by Gasteiger charge is -2.23. The van der Waals surface area contributed by atoms with Crippen molar-refractivity contribution in [2.45, 2.75) is 70.6 Å². The average Bonchev–Trinajstić information content (AvgIpc) is 4.52. The number of amides is 6. The number of aromatic nitrogens is 7. The van der Waals surface area contributed by atoms with Crippen LogP contribution in [0.2, 0.25) is 0 Å². The lowest BCUT2D eigenvalue weighted by molar-refractivity contribution is -0.146. The average molecular weight is 1230 g/mol. The molecule has 8 heterocycles. The van der Waals surface area contributed by atoms with E-state index in [4.69, 9.17) is 29.8 Å². The highest BCUT2D eigenvalue weighted by atomic mass is 32.1. The molecule has 10 bridgehead atoms. The Balaban J connectivity index is 1.12. The van der Waals surface area contributed by atoms with Crippen LogP contribution in [0.5, 0.6) is 0 Å². The fourth-order valence-corrected chi connectivity index (χ4v) is 13.8. The van der Waals surface area contributed by atoms with Crippen molar-refractivity contribution in [3.8, 4) is 43.4 Å². The van der Waals surface area contributed by atoms with Crippen molar-refractivity contribution in [3.05, 3.63) is 117 Å². The van der Waals surface area contributed by atoms with E-state index >= 15 is 0 Å². The third kappa shape index (κ3) is 13.5. The Hall–Kier alpha value is -7.68. The van der Waals surface area contributed by atoms with E-state index in [1.807, 2.05) is 13.8 Å². The molecule has 9 N–H and O–H groups in total. The second kappa shape index (κ2) is 26.1. The molecule has 0 spiro atoms. The molecule has 5 atom stereocenters. The van der Waals surface area contributed by atoms with Crippen LogP contribution in [0.15, 0.2) is 64.0 Å². The van der Waals surface area contributed by atoms with E-state index < -0.39 is 78.3 Å². The first-order chi connectivity index (χ1) is 39.4. The molecule has 0 aliphatic carbocycles. The highest BCUT2D eigenvalue weighted by Gasteiger charge is 2.33. The minimum absolute atomic E-state index is 0.00370. The summed E-state index contributed by atoms with van der Waals surface area (Å²) in [5.41, 5.74) is 2.40. The van der Waals surface area contributed by atoms with Gasteiger partial charge in [0.05, 0.1) is 42.2 Å². The summed E-state index contributed by atoms with van der Waals surface area (Å²) >= 11 is 6.94. The minimum atomic E-state index is -1.65. The Kier molecular flexibility index (Phi) is 18.7. The summed E-state index contributed by atoms with van der Waals surface area (Å²) < 4.78 is 5.44. The third-order valence-corrected chi connectivity index (χ3v) is 18.2. The van der Waals surface area contributed by atoms with Gasteiger partial charge in [-0.15, -0.1) is 68.0 Å². The number of hydrogen-bond donors (Lipinski definition) is 9. The summed E-state index contributed by atoms with van der Waals surface area (Å²) in [6.07, 6.45) is -3.40. The molecular formula is C52H51N13O11S6. The van der Waals surface area contributed by atoms with E-state index in [0.717, 1.165) is 45.3 Å². The largest absolute Gasteiger partial charge is 0.479 e. The maximum absolute atomic E-state index is 14.3. The van der Waals surface area contributed by atoms with Crippen LogP contribution in [0.25, 0.3) is 43.4 Å². The molecule has 6 amide bonds. The summed E-state index contributed by atoms with van der Waals surface area (Å²) in [6, 6.07) is 9.25. The molecule has 8 aromatic rings. The molecular weight excluding hydrogens is 1180 g/mol. The summed E-state index contributed by atoms with van der Waals surface area (Å²) in [7, 11) is 2.92. The summed E-state index contributed by atoms with van der Waals surface area (Å²) in [6.45, 7) is 4.78. The fourth-order valence-electron chi connectivity index (χ4n) is 8.22. The Morgan fingerprint density at radius 1 is 0.707 bits per heavy atom. The number of fused-ring (bicyclic) bond motifs is 14. The molecule has 24 nitrogen and oxygen atoms in total. The zero-order valence-corrected chi connectivity index (χ0v) is 48.9. The monoisotopic (exact) mass is 1230 g/mol. The number of carboxylic acids is 1. The Labute approximate surface area is 491 Å². The van der Waals surface area contributed by atoms with Crippen LogP contribution in [0, 0.1) is 12.8 Å². The van der Waals surface area contributed by atoms with Crippen molar-refractivity contribution in [2.24, 2.45) is 5.92 Å². The van der Waals surface area contributed by atoms with Gasteiger partial charge in [0.1, 0.15) is 82.0 Å². The first-order valence-electron chi connectivity index (χ1n) is 25.0. The topological polar surface area (TPSA) is 352 Å². The number of ether oxygens (including phenoxy) is 1. The molecule has 1 aromatic carbocycles. The molecule has 9 rings (SSSR count). The number of nitrogens with zero attached hydrogens (tertiary/aromatic N) is 7. The zero-order valence-electron chi connectivity index (χ0n) is 44.0. The van der Waals surface area contributed by atoms with Crippen LogP contribution < -0.4 is 31.9 Å². The number of aryl methyl sites for hydroxylation is 1. The Morgan fingerprint density at radius 2 is 1.41 bits per heavy atom. The SMILES string of the molecule is CNC(=O)C[C@@H]1NC(=O)c2csc(n2)-c2ccc(-c3nc(C(=O)NCC[C@H](O)C(=O)O)cs3)nc2-c2csc(n2)-c2csc(n2)C(C(O)c2ccccc2)NC(=O)CNC(=O)c2nc(sc2COC)[C@H](C(C)C)NC(=O)c2nc1sc2C. The van der Waals surface area contributed by atoms with Crippen molar-refractivity contribution in [3.63, 3.8) is 0 Å². The second-order valence-electron chi connectivity index (χ2n) is 18.6. The highest BCUT2D eigenvalue weighted by molar-refractivity contribution is 7.15. The molecule has 1 aliphatic rings. The molecule has 0 saturated carbocycles. The smallest absolute Gasteiger partial charge is 0.332 e. The van der Waals surface area contributed by atoms with Gasteiger partial charge in [-0.05, 0) is 30.5 Å². The zero-order chi connectivity index (χ0) is 58.4. The lowest BCUT2D eigenvalue weighted by atomic mass is 10.0.